The van der Waals surface area contributed by atoms with Gasteiger partial charge < -0.3 is 50.4 Å². The van der Waals surface area contributed by atoms with Gasteiger partial charge in [0.15, 0.2) is 29.0 Å². The van der Waals surface area contributed by atoms with E-state index in [0.29, 0.717) is 55.9 Å². The second-order valence-corrected chi connectivity index (χ2v) is 18.3. The highest BCUT2D eigenvalue weighted by Gasteiger charge is 2.50. The molecule has 4 bridgehead atoms. The number of nitrogens with one attached hydrogen (secondary N) is 1. The van der Waals surface area contributed by atoms with Crippen molar-refractivity contribution in [3.8, 4) is 28.7 Å². The van der Waals surface area contributed by atoms with Crippen LogP contribution in [0.5, 0.6) is 28.7 Å². The van der Waals surface area contributed by atoms with Crippen LogP contribution < -0.4 is 20.5 Å². The molecule has 2 aromatic carbocycles. The number of aromatic hydroxyl groups is 3. The van der Waals surface area contributed by atoms with Gasteiger partial charge in [-0.05, 0) is 92.0 Å². The highest BCUT2D eigenvalue weighted by Crippen LogP contribution is 2.52. The normalized spacial score (nSPS) is 28.9. The number of esters is 1. The van der Waals surface area contributed by atoms with Crippen LogP contribution in [-0.2, 0) is 27.1 Å². The predicted octanol–water partition coefficient (Wildman–Crippen LogP) is 5.96. The number of aliphatic imine (C=N–C) groups is 1. The van der Waals surface area contributed by atoms with Gasteiger partial charge >= 0.3 is 5.97 Å². The van der Waals surface area contributed by atoms with Crippen LogP contribution >= 0.6 is 21.6 Å². The Hall–Kier alpha value is -4.05. The van der Waals surface area contributed by atoms with Crippen LogP contribution in [0.1, 0.15) is 81.1 Å². The van der Waals surface area contributed by atoms with Crippen LogP contribution in [0.3, 0.4) is 0 Å². The van der Waals surface area contributed by atoms with Crippen LogP contribution in [0.4, 0.5) is 0 Å². The molecule has 0 unspecified atom stereocenters. The summed E-state index contributed by atoms with van der Waals surface area (Å²) in [7, 11) is 3.67. The Morgan fingerprint density at radius 3 is 2.81 bits per heavy atom. The zero-order valence-corrected chi connectivity index (χ0v) is 33.9. The highest BCUT2D eigenvalue weighted by atomic mass is 33.1. The summed E-state index contributed by atoms with van der Waals surface area (Å²) in [5.74, 6) is 0.636. The molecule has 3 aromatic rings. The number of fused-ring (bicyclic) bond motifs is 7. The largest absolute Gasteiger partial charge is 0.504 e. The Balaban J connectivity index is 1.18. The molecular formula is C42H54N4O9S2. The molecule has 308 valence electrons. The van der Waals surface area contributed by atoms with Gasteiger partial charge in [-0.25, -0.2) is 0 Å². The van der Waals surface area contributed by atoms with E-state index in [2.05, 4.69) is 15.3 Å². The van der Waals surface area contributed by atoms with Gasteiger partial charge in [-0.15, -0.1) is 0 Å². The number of nitrogens with two attached hydrogens (primary N) is 1. The molecule has 2 saturated carbocycles. The lowest BCUT2D eigenvalue weighted by atomic mass is 9.70. The third kappa shape index (κ3) is 10.2. The molecule has 7 rings (SSSR count). The second-order valence-electron chi connectivity index (χ2n) is 15.7. The van der Waals surface area contributed by atoms with Gasteiger partial charge in [0.1, 0.15) is 12.2 Å². The number of rotatable bonds is 10. The van der Waals surface area contributed by atoms with Gasteiger partial charge in [0.05, 0.1) is 24.4 Å². The minimum atomic E-state index is -0.567. The number of nitrogens with zero attached hydrogens (tertiary/aromatic N) is 2. The molecule has 1 aromatic heterocycles. The summed E-state index contributed by atoms with van der Waals surface area (Å²) in [6, 6.07) is 12.6. The third-order valence-corrected chi connectivity index (χ3v) is 14.7. The summed E-state index contributed by atoms with van der Waals surface area (Å²) < 4.78 is 25.7. The number of benzene rings is 2. The first-order valence-electron chi connectivity index (χ1n) is 20.0. The number of aromatic nitrogens is 1. The summed E-state index contributed by atoms with van der Waals surface area (Å²) >= 11 is 0. The maximum atomic E-state index is 12.6. The molecule has 0 amide bonds. The van der Waals surface area contributed by atoms with E-state index in [-0.39, 0.29) is 71.5 Å². The van der Waals surface area contributed by atoms with Crippen molar-refractivity contribution in [1.82, 2.24) is 10.3 Å². The van der Waals surface area contributed by atoms with Crippen molar-refractivity contribution in [3.63, 3.8) is 0 Å². The molecule has 3 fully saturated rings. The lowest BCUT2D eigenvalue weighted by Crippen LogP contribution is -2.57. The summed E-state index contributed by atoms with van der Waals surface area (Å²) in [6.07, 6.45) is 9.12. The standard InChI is InChI=1S/C42H54N4O9S2/c1-25(48)53-35-21-34(28-19-33(50)39(51)37(20-28)52-16-11-26-5-3-13-44-23-26)55-40-30(35)8-10-38-31(40)17-27-7-9-32(49)36(18-27)54-29-6-2-12-42(22-29,24-56-57-38)46-41(43)45-14-4-15-47/h3,5,7,9,13,18-20,23,29-31,34-35,38,40,47,49-51H,2,4,6,8,10-12,14-17,21-22,24H2,1H3,(H3,43,45,46)/t29-,30+,31-,34+,35+,38-,40-,42-/m1/s1. The average Bonchev–Trinajstić information content (AvgIpc) is 3.19. The fourth-order valence-corrected chi connectivity index (χ4v) is 12.4. The van der Waals surface area contributed by atoms with Crippen LogP contribution in [0.25, 0.3) is 0 Å². The first-order valence-corrected chi connectivity index (χ1v) is 22.3. The minimum Gasteiger partial charge on any atom is -0.504 e. The van der Waals surface area contributed by atoms with Crippen LogP contribution in [0.15, 0.2) is 59.9 Å². The van der Waals surface area contributed by atoms with Crippen molar-refractivity contribution in [2.24, 2.45) is 22.6 Å². The monoisotopic (exact) mass is 822 g/mol. The Morgan fingerprint density at radius 1 is 1.12 bits per heavy atom. The Labute approximate surface area is 341 Å². The van der Waals surface area contributed by atoms with Gasteiger partial charge in [-0.3, -0.25) is 14.8 Å². The van der Waals surface area contributed by atoms with E-state index in [0.717, 1.165) is 49.0 Å². The van der Waals surface area contributed by atoms with Crippen LogP contribution in [0, 0.1) is 11.8 Å². The Morgan fingerprint density at radius 2 is 2.00 bits per heavy atom. The van der Waals surface area contributed by atoms with E-state index in [1.54, 1.807) is 24.5 Å². The number of hydrogen-bond donors (Lipinski definition) is 6. The van der Waals surface area contributed by atoms with Crippen molar-refractivity contribution < 1.29 is 44.2 Å². The summed E-state index contributed by atoms with van der Waals surface area (Å²) in [4.78, 5) is 21.2. The quantitative estimate of drug-likeness (QED) is 0.0350. The lowest BCUT2D eigenvalue weighted by Gasteiger charge is -2.50. The van der Waals surface area contributed by atoms with Crippen LogP contribution in [0.2, 0.25) is 0 Å². The first-order chi connectivity index (χ1) is 27.6. The number of ether oxygens (including phenoxy) is 4. The number of aliphatic hydroxyl groups excluding tert-OH is 1. The van der Waals surface area contributed by atoms with Gasteiger partial charge in [0.2, 0.25) is 5.75 Å². The number of aliphatic hydroxyl groups is 1. The van der Waals surface area contributed by atoms with Crippen molar-refractivity contribution in [2.45, 2.75) is 106 Å². The van der Waals surface area contributed by atoms with E-state index >= 15 is 0 Å². The molecule has 2 aliphatic heterocycles. The molecule has 1 saturated heterocycles. The molecule has 8 atom stereocenters. The molecule has 0 radical (unpaired) electrons. The number of pyridine rings is 1. The van der Waals surface area contributed by atoms with Gasteiger partial charge in [-0.2, -0.15) is 0 Å². The van der Waals surface area contributed by atoms with E-state index in [1.165, 1.54) is 13.0 Å². The zero-order valence-electron chi connectivity index (χ0n) is 32.3. The first kappa shape index (κ1) is 41.1. The van der Waals surface area contributed by atoms with Crippen LogP contribution in [-0.4, -0.2) is 92.0 Å². The highest BCUT2D eigenvalue weighted by molar-refractivity contribution is 8.77. The predicted molar refractivity (Wildman–Crippen MR) is 220 cm³/mol. The van der Waals surface area contributed by atoms with Crippen molar-refractivity contribution in [1.29, 1.82) is 0 Å². The average molecular weight is 823 g/mol. The number of carbonyl (C=O) groups is 1. The maximum absolute atomic E-state index is 12.6. The lowest BCUT2D eigenvalue weighted by molar-refractivity contribution is -0.191. The molecule has 57 heavy (non-hydrogen) atoms. The number of hydrogen-bond acceptors (Lipinski definition) is 13. The van der Waals surface area contributed by atoms with Crippen molar-refractivity contribution in [3.05, 3.63) is 71.5 Å². The number of guanidine groups is 1. The SMILES string of the molecule is CC(=O)O[C@H]1C[C@@H](c2cc(O)c(O)c(OCCc3cccnc3)c2)O[C@@H]2[C@H]1CC[C@H]1SSC[C@@]3(NC(N)=NCCCO)CCC[C@H](C3)Oc3cc(ccc3O)C[C@@H]21. The fraction of sp³-hybridized carbons (Fsp3) is 0.548. The summed E-state index contributed by atoms with van der Waals surface area (Å²) in [5.41, 5.74) is 8.63. The van der Waals surface area contributed by atoms with E-state index in [1.807, 2.05) is 45.9 Å². The molecule has 13 nitrogen and oxygen atoms in total. The summed E-state index contributed by atoms with van der Waals surface area (Å²) in [5, 5.41) is 45.7. The summed E-state index contributed by atoms with van der Waals surface area (Å²) in [6.45, 7) is 2.16. The Kier molecular flexibility index (Phi) is 13.5. The molecule has 7 N–H and O–H groups in total. The van der Waals surface area contributed by atoms with Crippen molar-refractivity contribution in [2.75, 3.05) is 25.5 Å². The Bertz CT molecular complexity index is 1870. The second kappa shape index (κ2) is 18.7. The van der Waals surface area contributed by atoms with E-state index in [4.69, 9.17) is 24.7 Å². The molecule has 4 aliphatic rings. The van der Waals surface area contributed by atoms with E-state index in [9.17, 15) is 25.2 Å². The molecule has 0 spiro atoms. The molecule has 15 heteroatoms. The maximum Gasteiger partial charge on any atom is 0.302 e. The number of phenols is 3. The third-order valence-electron chi connectivity index (χ3n) is 11.6. The van der Waals surface area contributed by atoms with Gasteiger partial charge in [-0.1, -0.05) is 33.7 Å². The smallest absolute Gasteiger partial charge is 0.302 e. The zero-order chi connectivity index (χ0) is 39.9. The van der Waals surface area contributed by atoms with Gasteiger partial charge in [0, 0.05) is 74.6 Å². The molecular weight excluding hydrogens is 769 g/mol. The molecule has 3 heterocycles. The molecule has 2 aliphatic carbocycles. The van der Waals surface area contributed by atoms with E-state index < -0.39 is 17.7 Å². The fourth-order valence-electron chi connectivity index (χ4n) is 8.90. The number of carbonyl (C=O) groups excluding carboxylic acids is 1. The van der Waals surface area contributed by atoms with Crippen molar-refractivity contribution >= 4 is 33.5 Å². The topological polar surface area (TPSA) is 198 Å². The number of phenolic OH excluding ortho intramolecular Hbond substituents is 3. The minimum absolute atomic E-state index is 0.0189. The van der Waals surface area contributed by atoms with Gasteiger partial charge in [0.25, 0.3) is 0 Å².